The summed E-state index contributed by atoms with van der Waals surface area (Å²) < 4.78 is 0. The molecule has 0 radical (unpaired) electrons. The van der Waals surface area contributed by atoms with E-state index in [1.54, 1.807) is 29.2 Å². The third-order valence-electron chi connectivity index (χ3n) is 5.08. The number of carboxylic acid groups (broad SMARTS) is 1. The molecule has 1 fully saturated rings. The second-order valence-corrected chi connectivity index (χ2v) is 7.97. The van der Waals surface area contributed by atoms with E-state index in [9.17, 15) is 14.4 Å². The van der Waals surface area contributed by atoms with Gasteiger partial charge in [-0.15, -0.1) is 12.4 Å². The highest BCUT2D eigenvalue weighted by molar-refractivity contribution is 5.95. The molecule has 1 aromatic rings. The van der Waals surface area contributed by atoms with Gasteiger partial charge in [0, 0.05) is 18.7 Å². The van der Waals surface area contributed by atoms with Crippen molar-refractivity contribution in [2.24, 2.45) is 11.7 Å². The fraction of sp³-hybridized carbons (Fsp3) is 0.524. The molecule has 2 amide bonds. The fourth-order valence-electron chi connectivity index (χ4n) is 3.57. The van der Waals surface area contributed by atoms with Gasteiger partial charge in [0.1, 0.15) is 11.9 Å². The Kier molecular flexibility index (Phi) is 10.4. The molecule has 2 rings (SSSR count). The minimum atomic E-state index is -1.02. The quantitative estimate of drug-likeness (QED) is 0.264. The Balaban J connectivity index is 0.00000480. The summed E-state index contributed by atoms with van der Waals surface area (Å²) in [4.78, 5) is 38.3. The number of nitrogens with zero attached hydrogens (tertiary/aromatic N) is 1. The topological polar surface area (TPSA) is 149 Å². The summed E-state index contributed by atoms with van der Waals surface area (Å²) in [5, 5.41) is 22.0. The number of nitrogens with two attached hydrogens (primary N) is 1. The molecule has 1 aliphatic heterocycles. The number of amidine groups is 1. The molecule has 0 unspecified atom stereocenters. The normalized spacial score (nSPS) is 16.5. The summed E-state index contributed by atoms with van der Waals surface area (Å²) in [6.45, 7) is 4.42. The first-order valence-corrected chi connectivity index (χ1v) is 10.2. The lowest BCUT2D eigenvalue weighted by Crippen LogP contribution is -2.53. The highest BCUT2D eigenvalue weighted by atomic mass is 35.5. The van der Waals surface area contributed by atoms with Gasteiger partial charge in [0.05, 0.1) is 12.6 Å². The van der Waals surface area contributed by atoms with Crippen LogP contribution in [0.2, 0.25) is 0 Å². The highest BCUT2D eigenvalue weighted by Gasteiger charge is 2.37. The van der Waals surface area contributed by atoms with E-state index >= 15 is 0 Å². The number of halogens is 1. The molecule has 0 spiro atoms. The number of rotatable bonds is 10. The zero-order valence-corrected chi connectivity index (χ0v) is 18.7. The summed E-state index contributed by atoms with van der Waals surface area (Å²) in [6, 6.07) is 5.84. The summed E-state index contributed by atoms with van der Waals surface area (Å²) in [6.07, 6.45) is 1.80. The molecule has 0 aromatic heterocycles. The summed E-state index contributed by atoms with van der Waals surface area (Å²) in [5.41, 5.74) is 6.92. The van der Waals surface area contributed by atoms with Gasteiger partial charge in [0.2, 0.25) is 11.8 Å². The Labute approximate surface area is 188 Å². The second-order valence-electron chi connectivity index (χ2n) is 7.97. The van der Waals surface area contributed by atoms with Crippen molar-refractivity contribution in [2.75, 3.05) is 13.1 Å². The van der Waals surface area contributed by atoms with Gasteiger partial charge in [-0.3, -0.25) is 25.1 Å². The SMILES string of the molecule is CC(C)C[C@@H](NCC(=O)O)C(=O)N1CCC[C@H]1C(=O)NCc1ccc(C(=N)N)cc1.Cl. The molecule has 1 aromatic carbocycles. The first-order chi connectivity index (χ1) is 14.2. The number of carboxylic acids is 1. The number of aliphatic carboxylic acids is 1. The zero-order valence-electron chi connectivity index (χ0n) is 17.9. The van der Waals surface area contributed by atoms with E-state index < -0.39 is 18.1 Å². The molecule has 1 heterocycles. The first kappa shape index (κ1) is 26.4. The molecule has 9 nitrogen and oxygen atoms in total. The average Bonchev–Trinajstić information content (AvgIpc) is 3.18. The van der Waals surface area contributed by atoms with E-state index in [1.807, 2.05) is 13.8 Å². The van der Waals surface area contributed by atoms with Gasteiger partial charge in [-0.1, -0.05) is 38.1 Å². The molecular weight excluding hydrogens is 422 g/mol. The largest absolute Gasteiger partial charge is 0.480 e. The van der Waals surface area contributed by atoms with Crippen LogP contribution in [0, 0.1) is 11.3 Å². The van der Waals surface area contributed by atoms with E-state index in [-0.39, 0.29) is 42.5 Å². The van der Waals surface area contributed by atoms with Crippen LogP contribution in [0.4, 0.5) is 0 Å². The Hall–Kier alpha value is -2.65. The monoisotopic (exact) mass is 453 g/mol. The molecule has 1 aliphatic rings. The number of carbonyl (C=O) groups is 3. The Morgan fingerprint density at radius 1 is 1.26 bits per heavy atom. The van der Waals surface area contributed by atoms with Crippen LogP contribution in [0.3, 0.4) is 0 Å². The van der Waals surface area contributed by atoms with Crippen LogP contribution in [-0.4, -0.2) is 58.8 Å². The Morgan fingerprint density at radius 3 is 2.45 bits per heavy atom. The van der Waals surface area contributed by atoms with E-state index in [0.717, 1.165) is 12.0 Å². The van der Waals surface area contributed by atoms with Crippen LogP contribution in [0.5, 0.6) is 0 Å². The predicted molar refractivity (Wildman–Crippen MR) is 120 cm³/mol. The number of amides is 2. The van der Waals surface area contributed by atoms with Crippen LogP contribution in [-0.2, 0) is 20.9 Å². The Bertz CT molecular complexity index is 784. The molecule has 10 heteroatoms. The van der Waals surface area contributed by atoms with Gasteiger partial charge in [-0.2, -0.15) is 0 Å². The molecule has 0 aliphatic carbocycles. The van der Waals surface area contributed by atoms with Crippen LogP contribution in [0.1, 0.15) is 44.2 Å². The molecule has 0 bridgehead atoms. The molecule has 2 atom stereocenters. The lowest BCUT2D eigenvalue weighted by atomic mass is 10.0. The lowest BCUT2D eigenvalue weighted by Gasteiger charge is -2.29. The van der Waals surface area contributed by atoms with E-state index in [2.05, 4.69) is 10.6 Å². The van der Waals surface area contributed by atoms with E-state index in [4.69, 9.17) is 16.2 Å². The lowest BCUT2D eigenvalue weighted by molar-refractivity contribution is -0.141. The van der Waals surface area contributed by atoms with Crippen LogP contribution in [0.25, 0.3) is 0 Å². The molecular formula is C21H32ClN5O4. The summed E-state index contributed by atoms with van der Waals surface area (Å²) >= 11 is 0. The third-order valence-corrected chi connectivity index (χ3v) is 5.08. The van der Waals surface area contributed by atoms with Gasteiger partial charge >= 0.3 is 5.97 Å². The fourth-order valence-corrected chi connectivity index (χ4v) is 3.57. The van der Waals surface area contributed by atoms with E-state index in [1.165, 1.54) is 0 Å². The second kappa shape index (κ2) is 12.3. The predicted octanol–water partition coefficient (Wildman–Crippen LogP) is 1.09. The molecule has 0 saturated carbocycles. The third kappa shape index (κ3) is 7.84. The standard InChI is InChI=1S/C21H31N5O4.ClH/c1-13(2)10-16(24-12-18(27)28)21(30)26-9-3-4-17(26)20(29)25-11-14-5-7-15(8-6-14)19(22)23;/h5-8,13,16-17,24H,3-4,9-12H2,1-2H3,(H3,22,23)(H,25,29)(H,27,28);1H/t16-,17+;/m1./s1. The minimum absolute atomic E-state index is 0. The van der Waals surface area contributed by atoms with Crippen molar-refractivity contribution in [1.29, 1.82) is 5.41 Å². The highest BCUT2D eigenvalue weighted by Crippen LogP contribution is 2.20. The number of nitrogen functional groups attached to an aromatic ring is 1. The van der Waals surface area contributed by atoms with Crippen LogP contribution >= 0.6 is 12.4 Å². The van der Waals surface area contributed by atoms with Gasteiger partial charge in [0.25, 0.3) is 0 Å². The molecule has 6 N–H and O–H groups in total. The summed E-state index contributed by atoms with van der Waals surface area (Å²) in [5.74, 6) is -1.29. The molecule has 1 saturated heterocycles. The van der Waals surface area contributed by atoms with Gasteiger partial charge in [-0.05, 0) is 30.7 Å². The van der Waals surface area contributed by atoms with Gasteiger partial charge in [-0.25, -0.2) is 0 Å². The molecule has 31 heavy (non-hydrogen) atoms. The van der Waals surface area contributed by atoms with E-state index in [0.29, 0.717) is 31.5 Å². The number of nitrogens with one attached hydrogen (secondary N) is 3. The number of benzene rings is 1. The number of carbonyl (C=O) groups excluding carboxylic acids is 2. The minimum Gasteiger partial charge on any atom is -0.480 e. The van der Waals surface area contributed by atoms with Crippen LogP contribution < -0.4 is 16.4 Å². The van der Waals surface area contributed by atoms with Crippen molar-refractivity contribution in [3.63, 3.8) is 0 Å². The first-order valence-electron chi connectivity index (χ1n) is 10.2. The van der Waals surface area contributed by atoms with Crippen molar-refractivity contribution in [3.8, 4) is 0 Å². The Morgan fingerprint density at radius 2 is 1.90 bits per heavy atom. The van der Waals surface area contributed by atoms with Crippen molar-refractivity contribution in [3.05, 3.63) is 35.4 Å². The van der Waals surface area contributed by atoms with Gasteiger partial charge in [0.15, 0.2) is 0 Å². The smallest absolute Gasteiger partial charge is 0.317 e. The average molecular weight is 454 g/mol. The maximum Gasteiger partial charge on any atom is 0.317 e. The van der Waals surface area contributed by atoms with Crippen molar-refractivity contribution < 1.29 is 19.5 Å². The summed E-state index contributed by atoms with van der Waals surface area (Å²) in [7, 11) is 0. The zero-order chi connectivity index (χ0) is 22.3. The maximum absolute atomic E-state index is 13.0. The maximum atomic E-state index is 13.0. The van der Waals surface area contributed by atoms with Crippen LogP contribution in [0.15, 0.2) is 24.3 Å². The van der Waals surface area contributed by atoms with Crippen molar-refractivity contribution in [2.45, 2.75) is 51.7 Å². The molecule has 172 valence electrons. The number of hydrogen-bond acceptors (Lipinski definition) is 5. The number of hydrogen-bond donors (Lipinski definition) is 5. The van der Waals surface area contributed by atoms with Crippen molar-refractivity contribution >= 4 is 36.0 Å². The van der Waals surface area contributed by atoms with Crippen molar-refractivity contribution in [1.82, 2.24) is 15.5 Å². The van der Waals surface area contributed by atoms with Gasteiger partial charge < -0.3 is 21.1 Å². The number of likely N-dealkylation sites (tertiary alicyclic amines) is 1.